The number of nitrogens with zero attached hydrogens (tertiary/aromatic N) is 1. The molecule has 6 heteroatoms. The zero-order valence-electron chi connectivity index (χ0n) is 12.2. The van der Waals surface area contributed by atoms with Crippen LogP contribution in [0.2, 0.25) is 0 Å². The summed E-state index contributed by atoms with van der Waals surface area (Å²) in [6, 6.07) is 7.28. The third kappa shape index (κ3) is 3.03. The van der Waals surface area contributed by atoms with Crippen molar-refractivity contribution in [3.8, 4) is 0 Å². The summed E-state index contributed by atoms with van der Waals surface area (Å²) in [6.45, 7) is 5.24. The van der Waals surface area contributed by atoms with Crippen molar-refractivity contribution in [2.45, 2.75) is 36.6 Å². The van der Waals surface area contributed by atoms with Gasteiger partial charge in [-0.25, -0.2) is 8.42 Å². The van der Waals surface area contributed by atoms with Gasteiger partial charge in [-0.3, -0.25) is 0 Å². The van der Waals surface area contributed by atoms with Crippen LogP contribution in [-0.2, 0) is 16.6 Å². The molecule has 2 atom stereocenters. The quantitative estimate of drug-likeness (QED) is 0.922. The molecule has 1 aromatic rings. The minimum Gasteiger partial charge on any atom is -0.316 e. The summed E-state index contributed by atoms with van der Waals surface area (Å²) >= 11 is 1.84. The minimum absolute atomic E-state index is 0.0291. The van der Waals surface area contributed by atoms with Crippen molar-refractivity contribution >= 4 is 21.8 Å². The first kappa shape index (κ1) is 15.8. The second kappa shape index (κ2) is 6.47. The number of benzene rings is 1. The lowest BCUT2D eigenvalue weighted by atomic mass is 10.2. The summed E-state index contributed by atoms with van der Waals surface area (Å²) in [7, 11) is -1.59. The van der Waals surface area contributed by atoms with Crippen LogP contribution in [0, 0.1) is 0 Å². The summed E-state index contributed by atoms with van der Waals surface area (Å²) in [4.78, 5) is 0.431. The predicted molar refractivity (Wildman–Crippen MR) is 84.5 cm³/mol. The first-order chi connectivity index (χ1) is 9.48. The van der Waals surface area contributed by atoms with Gasteiger partial charge in [0.2, 0.25) is 10.0 Å². The van der Waals surface area contributed by atoms with E-state index in [-0.39, 0.29) is 6.04 Å². The van der Waals surface area contributed by atoms with Gasteiger partial charge in [0, 0.05) is 30.1 Å². The summed E-state index contributed by atoms with van der Waals surface area (Å²) in [5.41, 5.74) is 0.827. The standard InChI is InChI=1S/C14H22N2O2S2/c1-11-12(2)19-9-8-16(11)20(17,18)14-7-5-4-6-13(14)10-15-3/h4-7,11-12,15H,8-10H2,1-3H3. The van der Waals surface area contributed by atoms with Crippen LogP contribution in [0.5, 0.6) is 0 Å². The Morgan fingerprint density at radius 2 is 2.05 bits per heavy atom. The fraction of sp³-hybridized carbons (Fsp3) is 0.571. The summed E-state index contributed by atoms with van der Waals surface area (Å²) < 4.78 is 27.5. The molecular formula is C14H22N2O2S2. The number of nitrogens with one attached hydrogen (secondary N) is 1. The topological polar surface area (TPSA) is 49.4 Å². The monoisotopic (exact) mass is 314 g/mol. The van der Waals surface area contributed by atoms with Crippen LogP contribution in [-0.4, -0.2) is 43.4 Å². The molecule has 0 saturated carbocycles. The van der Waals surface area contributed by atoms with E-state index in [1.54, 1.807) is 16.4 Å². The number of hydrogen-bond donors (Lipinski definition) is 1. The van der Waals surface area contributed by atoms with Crippen LogP contribution in [0.25, 0.3) is 0 Å². The van der Waals surface area contributed by atoms with E-state index in [1.165, 1.54) is 0 Å². The molecule has 4 nitrogen and oxygen atoms in total. The van der Waals surface area contributed by atoms with Crippen molar-refractivity contribution in [1.29, 1.82) is 0 Å². The van der Waals surface area contributed by atoms with Crippen molar-refractivity contribution in [2.75, 3.05) is 19.3 Å². The second-order valence-electron chi connectivity index (χ2n) is 5.07. The molecule has 0 aromatic heterocycles. The molecule has 2 rings (SSSR count). The molecule has 1 saturated heterocycles. The lowest BCUT2D eigenvalue weighted by Gasteiger charge is -2.36. The van der Waals surface area contributed by atoms with Gasteiger partial charge < -0.3 is 5.32 Å². The van der Waals surface area contributed by atoms with Gasteiger partial charge in [-0.1, -0.05) is 25.1 Å². The van der Waals surface area contributed by atoms with Gasteiger partial charge in [0.25, 0.3) is 0 Å². The van der Waals surface area contributed by atoms with Gasteiger partial charge in [0.15, 0.2) is 0 Å². The molecular weight excluding hydrogens is 292 g/mol. The molecule has 1 aromatic carbocycles. The third-order valence-corrected chi connectivity index (χ3v) is 7.18. The highest BCUT2D eigenvalue weighted by Gasteiger charge is 2.35. The van der Waals surface area contributed by atoms with E-state index in [4.69, 9.17) is 0 Å². The zero-order chi connectivity index (χ0) is 14.8. The Bertz CT molecular complexity index is 560. The van der Waals surface area contributed by atoms with Gasteiger partial charge >= 0.3 is 0 Å². The Kier molecular flexibility index (Phi) is 5.12. The molecule has 1 heterocycles. The smallest absolute Gasteiger partial charge is 0.243 e. The Morgan fingerprint density at radius 3 is 2.75 bits per heavy atom. The van der Waals surface area contributed by atoms with Crippen LogP contribution in [0.15, 0.2) is 29.2 Å². The second-order valence-corrected chi connectivity index (χ2v) is 8.41. The summed E-state index contributed by atoms with van der Waals surface area (Å²) in [5.74, 6) is 0.860. The van der Waals surface area contributed by atoms with E-state index in [0.29, 0.717) is 23.2 Å². The SMILES string of the molecule is CNCc1ccccc1S(=O)(=O)N1CCSC(C)C1C. The molecule has 0 spiro atoms. The number of sulfonamides is 1. The van der Waals surface area contributed by atoms with Gasteiger partial charge in [-0.15, -0.1) is 0 Å². The molecule has 0 radical (unpaired) electrons. The molecule has 1 aliphatic heterocycles. The minimum atomic E-state index is -3.42. The van der Waals surface area contributed by atoms with Crippen LogP contribution < -0.4 is 5.32 Å². The fourth-order valence-corrected chi connectivity index (χ4v) is 5.68. The van der Waals surface area contributed by atoms with Crippen molar-refractivity contribution in [1.82, 2.24) is 9.62 Å². The molecule has 1 fully saturated rings. The normalized spacial score (nSPS) is 24.8. The van der Waals surface area contributed by atoms with Crippen LogP contribution in [0.4, 0.5) is 0 Å². The molecule has 112 valence electrons. The lowest BCUT2D eigenvalue weighted by molar-refractivity contribution is 0.340. The maximum atomic E-state index is 12.9. The Labute approximate surface area is 126 Å². The van der Waals surface area contributed by atoms with E-state index in [2.05, 4.69) is 12.2 Å². The van der Waals surface area contributed by atoms with E-state index < -0.39 is 10.0 Å². The van der Waals surface area contributed by atoms with Gasteiger partial charge in [0.1, 0.15) is 0 Å². The molecule has 2 unspecified atom stereocenters. The molecule has 1 aliphatic rings. The highest BCUT2D eigenvalue weighted by molar-refractivity contribution is 8.00. The van der Waals surface area contributed by atoms with E-state index in [0.717, 1.165) is 11.3 Å². The Balaban J connectivity index is 2.39. The van der Waals surface area contributed by atoms with E-state index >= 15 is 0 Å². The lowest BCUT2D eigenvalue weighted by Crippen LogP contribution is -2.48. The maximum Gasteiger partial charge on any atom is 0.243 e. The molecule has 0 aliphatic carbocycles. The highest BCUT2D eigenvalue weighted by Crippen LogP contribution is 2.30. The highest BCUT2D eigenvalue weighted by atomic mass is 32.2. The molecule has 20 heavy (non-hydrogen) atoms. The molecule has 0 amide bonds. The average molecular weight is 314 g/mol. The Morgan fingerprint density at radius 1 is 1.35 bits per heavy atom. The number of hydrogen-bond acceptors (Lipinski definition) is 4. The summed E-state index contributed by atoms with van der Waals surface area (Å²) in [6.07, 6.45) is 0. The predicted octanol–water partition coefficient (Wildman–Crippen LogP) is 1.92. The maximum absolute atomic E-state index is 12.9. The van der Waals surface area contributed by atoms with E-state index in [9.17, 15) is 8.42 Å². The van der Waals surface area contributed by atoms with Crippen molar-refractivity contribution in [3.63, 3.8) is 0 Å². The van der Waals surface area contributed by atoms with Crippen molar-refractivity contribution in [3.05, 3.63) is 29.8 Å². The fourth-order valence-electron chi connectivity index (χ4n) is 2.46. The first-order valence-corrected chi connectivity index (χ1v) is 9.33. The van der Waals surface area contributed by atoms with E-state index in [1.807, 2.05) is 37.9 Å². The van der Waals surface area contributed by atoms with Gasteiger partial charge in [-0.2, -0.15) is 16.1 Å². The van der Waals surface area contributed by atoms with Crippen molar-refractivity contribution < 1.29 is 8.42 Å². The number of thioether (sulfide) groups is 1. The van der Waals surface area contributed by atoms with Gasteiger partial charge in [0.05, 0.1) is 4.90 Å². The molecule has 0 bridgehead atoms. The largest absolute Gasteiger partial charge is 0.316 e. The Hall–Kier alpha value is -0.560. The van der Waals surface area contributed by atoms with Crippen LogP contribution >= 0.6 is 11.8 Å². The average Bonchev–Trinajstić information content (AvgIpc) is 2.42. The summed E-state index contributed by atoms with van der Waals surface area (Å²) in [5, 5.41) is 3.36. The first-order valence-electron chi connectivity index (χ1n) is 6.84. The van der Waals surface area contributed by atoms with Gasteiger partial charge in [-0.05, 0) is 25.6 Å². The zero-order valence-corrected chi connectivity index (χ0v) is 13.8. The van der Waals surface area contributed by atoms with Crippen LogP contribution in [0.1, 0.15) is 19.4 Å². The van der Waals surface area contributed by atoms with Crippen molar-refractivity contribution in [2.24, 2.45) is 0 Å². The number of rotatable bonds is 4. The van der Waals surface area contributed by atoms with Crippen LogP contribution in [0.3, 0.4) is 0 Å². The third-order valence-electron chi connectivity index (χ3n) is 3.75. The molecule has 1 N–H and O–H groups in total.